The molecule has 1 N–H and O–H groups in total. The van der Waals surface area contributed by atoms with Gasteiger partial charge in [0.2, 0.25) is 0 Å². The van der Waals surface area contributed by atoms with E-state index in [9.17, 15) is 5.11 Å². The maximum absolute atomic E-state index is 10.5. The molecule has 4 atom stereocenters. The van der Waals surface area contributed by atoms with Crippen molar-refractivity contribution in [3.8, 4) is 0 Å². The molecule has 0 aromatic heterocycles. The van der Waals surface area contributed by atoms with Gasteiger partial charge in [-0.3, -0.25) is 0 Å². The minimum Gasteiger partial charge on any atom is -0.388 e. The number of aliphatic hydroxyl groups is 1. The fourth-order valence-electron chi connectivity index (χ4n) is 3.41. The maximum atomic E-state index is 10.5. The summed E-state index contributed by atoms with van der Waals surface area (Å²) in [6.45, 7) is 0. The zero-order valence-electron chi connectivity index (χ0n) is 10.4. The second-order valence-corrected chi connectivity index (χ2v) is 7.80. The van der Waals surface area contributed by atoms with Crippen molar-refractivity contribution < 1.29 is 5.11 Å². The predicted octanol–water partition coefficient (Wildman–Crippen LogP) is 4.40. The van der Waals surface area contributed by atoms with E-state index in [1.54, 1.807) is 0 Å². The zero-order valence-corrected chi connectivity index (χ0v) is 12.8. The second kappa shape index (κ2) is 5.56. The molecule has 1 aliphatic heterocycles. The Morgan fingerprint density at radius 1 is 1.22 bits per heavy atom. The Morgan fingerprint density at radius 3 is 2.72 bits per heavy atom. The van der Waals surface area contributed by atoms with Crippen molar-refractivity contribution in [3.63, 3.8) is 0 Å². The molecule has 0 spiro atoms. The summed E-state index contributed by atoms with van der Waals surface area (Å²) in [5, 5.41) is 11.3. The number of halogens is 1. The van der Waals surface area contributed by atoms with Crippen LogP contribution in [-0.2, 0) is 0 Å². The second-order valence-electron chi connectivity index (χ2n) is 5.54. The van der Waals surface area contributed by atoms with Crippen LogP contribution in [0.3, 0.4) is 0 Å². The molecule has 0 bridgehead atoms. The van der Waals surface area contributed by atoms with Crippen LogP contribution in [0.2, 0.25) is 0 Å². The first-order valence-corrected chi connectivity index (χ1v) is 8.63. The minimum absolute atomic E-state index is 0.274. The van der Waals surface area contributed by atoms with Crippen LogP contribution in [0.4, 0.5) is 0 Å². The van der Waals surface area contributed by atoms with Gasteiger partial charge in [-0.25, -0.2) is 0 Å². The summed E-state index contributed by atoms with van der Waals surface area (Å²) < 4.78 is 1.08. The van der Waals surface area contributed by atoms with Gasteiger partial charge in [0.15, 0.2) is 0 Å². The SMILES string of the molecule is OC(c1ccc(Br)cc1)C1CC2CCCSC2C1. The average molecular weight is 327 g/mol. The number of hydrogen-bond donors (Lipinski definition) is 1. The van der Waals surface area contributed by atoms with Gasteiger partial charge in [0.1, 0.15) is 0 Å². The van der Waals surface area contributed by atoms with Crippen molar-refractivity contribution in [1.29, 1.82) is 0 Å². The molecule has 1 heterocycles. The van der Waals surface area contributed by atoms with Crippen molar-refractivity contribution in [1.82, 2.24) is 0 Å². The molecule has 18 heavy (non-hydrogen) atoms. The molecule has 98 valence electrons. The van der Waals surface area contributed by atoms with Crippen LogP contribution in [0.1, 0.15) is 37.4 Å². The Bertz CT molecular complexity index is 391. The number of rotatable bonds is 2. The monoisotopic (exact) mass is 326 g/mol. The minimum atomic E-state index is -0.274. The zero-order chi connectivity index (χ0) is 12.5. The van der Waals surface area contributed by atoms with Gasteiger partial charge in [0, 0.05) is 9.72 Å². The first-order chi connectivity index (χ1) is 8.74. The Balaban J connectivity index is 1.70. The highest BCUT2D eigenvalue weighted by Crippen LogP contribution is 2.48. The van der Waals surface area contributed by atoms with Gasteiger partial charge < -0.3 is 5.11 Å². The number of fused-ring (bicyclic) bond motifs is 1. The van der Waals surface area contributed by atoms with E-state index in [4.69, 9.17) is 0 Å². The highest BCUT2D eigenvalue weighted by atomic mass is 79.9. The van der Waals surface area contributed by atoms with Gasteiger partial charge in [0.05, 0.1) is 6.10 Å². The van der Waals surface area contributed by atoms with Gasteiger partial charge in [-0.2, -0.15) is 11.8 Å². The summed E-state index contributed by atoms with van der Waals surface area (Å²) in [6.07, 6.45) is 4.89. The van der Waals surface area contributed by atoms with E-state index in [2.05, 4.69) is 27.7 Å². The standard InChI is InChI=1S/C15H19BrOS/c16-13-5-3-10(4-6-13)15(17)12-8-11-2-1-7-18-14(11)9-12/h3-6,11-12,14-15,17H,1-2,7-9H2. The quantitative estimate of drug-likeness (QED) is 0.868. The van der Waals surface area contributed by atoms with Gasteiger partial charge in [-0.1, -0.05) is 28.1 Å². The summed E-state index contributed by atoms with van der Waals surface area (Å²) in [6, 6.07) is 8.14. The van der Waals surface area contributed by atoms with Gasteiger partial charge in [-0.05, 0) is 61.0 Å². The summed E-state index contributed by atoms with van der Waals surface area (Å²) in [5.41, 5.74) is 1.08. The molecule has 1 aromatic carbocycles. The molecule has 0 radical (unpaired) electrons. The summed E-state index contributed by atoms with van der Waals surface area (Å²) in [5.74, 6) is 2.65. The van der Waals surface area contributed by atoms with Gasteiger partial charge in [0.25, 0.3) is 0 Å². The van der Waals surface area contributed by atoms with Crippen LogP contribution in [-0.4, -0.2) is 16.1 Å². The lowest BCUT2D eigenvalue weighted by atomic mass is 9.92. The molecule has 2 aliphatic rings. The fourth-order valence-corrected chi connectivity index (χ4v) is 5.21. The van der Waals surface area contributed by atoms with Crippen LogP contribution >= 0.6 is 27.7 Å². The maximum Gasteiger partial charge on any atom is 0.0818 e. The van der Waals surface area contributed by atoms with Crippen molar-refractivity contribution in [2.45, 2.75) is 37.0 Å². The average Bonchev–Trinajstić information content (AvgIpc) is 2.82. The van der Waals surface area contributed by atoms with Gasteiger partial charge >= 0.3 is 0 Å². The summed E-state index contributed by atoms with van der Waals surface area (Å²) in [4.78, 5) is 0. The lowest BCUT2D eigenvalue weighted by Gasteiger charge is -2.23. The van der Waals surface area contributed by atoms with E-state index in [0.717, 1.165) is 21.2 Å². The molecule has 1 aromatic rings. The highest BCUT2D eigenvalue weighted by molar-refractivity contribution is 9.10. The topological polar surface area (TPSA) is 20.2 Å². The third-order valence-electron chi connectivity index (χ3n) is 4.38. The van der Waals surface area contributed by atoms with Crippen molar-refractivity contribution in [2.75, 3.05) is 5.75 Å². The smallest absolute Gasteiger partial charge is 0.0818 e. The molecule has 1 saturated heterocycles. The van der Waals surface area contributed by atoms with Crippen LogP contribution in [0.15, 0.2) is 28.7 Å². The number of aliphatic hydroxyl groups excluding tert-OH is 1. The Labute approximate surface area is 121 Å². The number of hydrogen-bond acceptors (Lipinski definition) is 2. The number of thioether (sulfide) groups is 1. The van der Waals surface area contributed by atoms with Crippen molar-refractivity contribution >= 4 is 27.7 Å². The van der Waals surface area contributed by atoms with Crippen LogP contribution < -0.4 is 0 Å². The molecule has 2 fully saturated rings. The predicted molar refractivity (Wildman–Crippen MR) is 80.8 cm³/mol. The summed E-state index contributed by atoms with van der Waals surface area (Å²) in [7, 11) is 0. The molecule has 1 saturated carbocycles. The molecule has 0 amide bonds. The largest absolute Gasteiger partial charge is 0.388 e. The van der Waals surface area contributed by atoms with Gasteiger partial charge in [-0.15, -0.1) is 0 Å². The molecule has 4 unspecified atom stereocenters. The third kappa shape index (κ3) is 2.63. The van der Waals surface area contributed by atoms with Crippen molar-refractivity contribution in [2.24, 2.45) is 11.8 Å². The van der Waals surface area contributed by atoms with E-state index in [1.807, 2.05) is 24.3 Å². The molecular formula is C15H19BrOS. The third-order valence-corrected chi connectivity index (χ3v) is 6.43. The van der Waals surface area contributed by atoms with E-state index < -0.39 is 0 Å². The van der Waals surface area contributed by atoms with E-state index in [-0.39, 0.29) is 6.10 Å². The molecule has 3 heteroatoms. The first kappa shape index (κ1) is 13.0. The molecular weight excluding hydrogens is 308 g/mol. The van der Waals surface area contributed by atoms with Crippen LogP contribution in [0.5, 0.6) is 0 Å². The first-order valence-electron chi connectivity index (χ1n) is 6.79. The molecule has 3 rings (SSSR count). The van der Waals surface area contributed by atoms with E-state index >= 15 is 0 Å². The highest BCUT2D eigenvalue weighted by Gasteiger charge is 2.39. The molecule has 1 aliphatic carbocycles. The normalized spacial score (nSPS) is 33.1. The summed E-state index contributed by atoms with van der Waals surface area (Å²) >= 11 is 5.58. The number of benzene rings is 1. The van der Waals surface area contributed by atoms with E-state index in [1.165, 1.54) is 31.4 Å². The lowest BCUT2D eigenvalue weighted by Crippen LogP contribution is -2.15. The molecule has 1 nitrogen and oxygen atoms in total. The van der Waals surface area contributed by atoms with Crippen LogP contribution in [0.25, 0.3) is 0 Å². The van der Waals surface area contributed by atoms with Crippen molar-refractivity contribution in [3.05, 3.63) is 34.3 Å². The lowest BCUT2D eigenvalue weighted by molar-refractivity contribution is 0.109. The Kier molecular flexibility index (Phi) is 4.02. The van der Waals surface area contributed by atoms with Crippen LogP contribution in [0, 0.1) is 11.8 Å². The Morgan fingerprint density at radius 2 is 2.00 bits per heavy atom. The Hall–Kier alpha value is 0.01000. The fraction of sp³-hybridized carbons (Fsp3) is 0.600. The van der Waals surface area contributed by atoms with E-state index in [0.29, 0.717) is 5.92 Å².